The minimum atomic E-state index is 0. The largest absolute Gasteiger partial charge is 0.497 e. The van der Waals surface area contributed by atoms with Crippen molar-refractivity contribution in [2.45, 2.75) is 13.5 Å². The van der Waals surface area contributed by atoms with E-state index in [-0.39, 0.29) is 24.0 Å². The van der Waals surface area contributed by atoms with Gasteiger partial charge in [0.2, 0.25) is 5.52 Å². The van der Waals surface area contributed by atoms with E-state index in [0.29, 0.717) is 0 Å². The Morgan fingerprint density at radius 3 is 2.73 bits per heavy atom. The zero-order valence-electron chi connectivity index (χ0n) is 8.93. The van der Waals surface area contributed by atoms with E-state index in [1.165, 1.54) is 10.9 Å². The van der Waals surface area contributed by atoms with Crippen LogP contribution in [0.1, 0.15) is 6.92 Å². The molecule has 0 radical (unpaired) electrons. The molecule has 3 heteroatoms. The van der Waals surface area contributed by atoms with Gasteiger partial charge in [-0.15, -0.1) is 24.0 Å². The summed E-state index contributed by atoms with van der Waals surface area (Å²) in [6.07, 6.45) is 2.09. The van der Waals surface area contributed by atoms with Crippen LogP contribution < -0.4 is 9.30 Å². The van der Waals surface area contributed by atoms with E-state index >= 15 is 0 Å². The number of aryl methyl sites for hydroxylation is 1. The fourth-order valence-corrected chi connectivity index (χ4v) is 1.66. The number of pyridine rings is 1. The maximum absolute atomic E-state index is 5.19. The first-order chi connectivity index (χ1) is 6.85. The Balaban J connectivity index is 0.00000112. The summed E-state index contributed by atoms with van der Waals surface area (Å²) in [5, 5.41) is 1.22. The van der Waals surface area contributed by atoms with Crippen LogP contribution in [0, 0.1) is 0 Å². The lowest BCUT2D eigenvalue weighted by Gasteiger charge is -2.01. The first-order valence-electron chi connectivity index (χ1n) is 4.81. The Morgan fingerprint density at radius 1 is 1.27 bits per heavy atom. The summed E-state index contributed by atoms with van der Waals surface area (Å²) >= 11 is 0. The Bertz CT molecular complexity index is 456. The topological polar surface area (TPSA) is 13.1 Å². The van der Waals surface area contributed by atoms with Crippen LogP contribution in [-0.2, 0) is 6.54 Å². The van der Waals surface area contributed by atoms with Crippen molar-refractivity contribution in [3.8, 4) is 5.75 Å². The van der Waals surface area contributed by atoms with E-state index in [4.69, 9.17) is 4.74 Å². The number of hydrogen-bond acceptors (Lipinski definition) is 1. The van der Waals surface area contributed by atoms with Gasteiger partial charge in [0.15, 0.2) is 6.20 Å². The molecule has 0 amide bonds. The van der Waals surface area contributed by atoms with Gasteiger partial charge in [-0.3, -0.25) is 0 Å². The molecule has 0 fully saturated rings. The van der Waals surface area contributed by atoms with E-state index in [0.717, 1.165) is 12.3 Å². The normalized spacial score (nSPS) is 9.73. The third-order valence-electron chi connectivity index (χ3n) is 2.43. The number of methoxy groups -OCH3 is 1. The van der Waals surface area contributed by atoms with Crippen molar-refractivity contribution in [1.82, 2.24) is 0 Å². The van der Waals surface area contributed by atoms with Crippen LogP contribution in [0.4, 0.5) is 0 Å². The SMILES string of the molecule is CC[n+]1cccc2cc(OC)ccc21.I. The smallest absolute Gasteiger partial charge is 0.212 e. The quantitative estimate of drug-likeness (QED) is 0.613. The van der Waals surface area contributed by atoms with Crippen LogP contribution in [-0.4, -0.2) is 7.11 Å². The molecule has 15 heavy (non-hydrogen) atoms. The molecular weight excluding hydrogens is 301 g/mol. The predicted molar refractivity (Wildman–Crippen MR) is 71.8 cm³/mol. The Morgan fingerprint density at radius 2 is 2.07 bits per heavy atom. The molecule has 2 rings (SSSR count). The highest BCUT2D eigenvalue weighted by Crippen LogP contribution is 2.17. The van der Waals surface area contributed by atoms with Gasteiger partial charge in [0.25, 0.3) is 0 Å². The maximum atomic E-state index is 5.19. The van der Waals surface area contributed by atoms with Gasteiger partial charge in [0, 0.05) is 12.1 Å². The second-order valence-electron chi connectivity index (χ2n) is 3.22. The van der Waals surface area contributed by atoms with Crippen molar-refractivity contribution in [2.75, 3.05) is 7.11 Å². The highest BCUT2D eigenvalue weighted by molar-refractivity contribution is 14.0. The minimum Gasteiger partial charge on any atom is -0.497 e. The zero-order valence-corrected chi connectivity index (χ0v) is 11.3. The Kier molecular flexibility index (Phi) is 4.32. The van der Waals surface area contributed by atoms with Gasteiger partial charge >= 0.3 is 0 Å². The van der Waals surface area contributed by atoms with Crippen molar-refractivity contribution in [3.63, 3.8) is 0 Å². The zero-order chi connectivity index (χ0) is 9.97. The summed E-state index contributed by atoms with van der Waals surface area (Å²) in [6, 6.07) is 10.3. The lowest BCUT2D eigenvalue weighted by Crippen LogP contribution is -2.32. The molecule has 1 heterocycles. The van der Waals surface area contributed by atoms with Gasteiger partial charge in [-0.1, -0.05) is 0 Å². The molecular formula is C12H15INO+. The molecule has 1 aromatic carbocycles. The standard InChI is InChI=1S/C12H14NO.HI/c1-3-13-8-4-5-10-9-11(14-2)6-7-12(10)13;/h4-9H,3H2,1-2H3;1H/q+1;. The Labute approximate surface area is 107 Å². The van der Waals surface area contributed by atoms with E-state index in [1.807, 2.05) is 6.07 Å². The van der Waals surface area contributed by atoms with Crippen LogP contribution in [0.15, 0.2) is 36.5 Å². The summed E-state index contributed by atoms with van der Waals surface area (Å²) in [5.41, 5.74) is 1.25. The van der Waals surface area contributed by atoms with Gasteiger partial charge < -0.3 is 4.74 Å². The first-order valence-corrected chi connectivity index (χ1v) is 4.81. The molecule has 0 aliphatic carbocycles. The second kappa shape index (κ2) is 5.30. The molecule has 0 saturated heterocycles. The summed E-state index contributed by atoms with van der Waals surface area (Å²) in [6.45, 7) is 3.13. The Hall–Kier alpha value is -0.840. The van der Waals surface area contributed by atoms with E-state index in [1.54, 1.807) is 7.11 Å². The van der Waals surface area contributed by atoms with Gasteiger partial charge in [-0.25, -0.2) is 0 Å². The average Bonchev–Trinajstić information content (AvgIpc) is 2.27. The average molecular weight is 316 g/mol. The molecule has 0 aliphatic rings. The van der Waals surface area contributed by atoms with Crippen molar-refractivity contribution in [2.24, 2.45) is 0 Å². The molecule has 1 aromatic heterocycles. The van der Waals surface area contributed by atoms with Crippen LogP contribution in [0.5, 0.6) is 5.75 Å². The van der Waals surface area contributed by atoms with Crippen molar-refractivity contribution >= 4 is 34.9 Å². The maximum Gasteiger partial charge on any atom is 0.212 e. The number of fused-ring (bicyclic) bond motifs is 1. The van der Waals surface area contributed by atoms with Gasteiger partial charge in [0.1, 0.15) is 12.3 Å². The minimum absolute atomic E-state index is 0. The van der Waals surface area contributed by atoms with Crippen LogP contribution in [0.3, 0.4) is 0 Å². The van der Waals surface area contributed by atoms with Crippen LogP contribution >= 0.6 is 24.0 Å². The highest BCUT2D eigenvalue weighted by Gasteiger charge is 2.05. The molecule has 0 bridgehead atoms. The van der Waals surface area contributed by atoms with Gasteiger partial charge in [-0.05, 0) is 25.1 Å². The van der Waals surface area contributed by atoms with Crippen molar-refractivity contribution < 1.29 is 9.30 Å². The van der Waals surface area contributed by atoms with E-state index in [2.05, 4.69) is 42.0 Å². The number of benzene rings is 1. The van der Waals surface area contributed by atoms with Crippen LogP contribution in [0.2, 0.25) is 0 Å². The summed E-state index contributed by atoms with van der Waals surface area (Å²) in [4.78, 5) is 0. The predicted octanol–water partition coefficient (Wildman–Crippen LogP) is 2.77. The monoisotopic (exact) mass is 316 g/mol. The summed E-state index contributed by atoms with van der Waals surface area (Å²) < 4.78 is 7.40. The fourth-order valence-electron chi connectivity index (χ4n) is 1.66. The number of halogens is 1. The van der Waals surface area contributed by atoms with Gasteiger partial charge in [-0.2, -0.15) is 4.57 Å². The molecule has 2 aromatic rings. The molecule has 0 aliphatic heterocycles. The van der Waals surface area contributed by atoms with Gasteiger partial charge in [0.05, 0.1) is 12.5 Å². The molecule has 80 valence electrons. The summed E-state index contributed by atoms with van der Waals surface area (Å²) in [5.74, 6) is 0.909. The van der Waals surface area contributed by atoms with Crippen molar-refractivity contribution in [3.05, 3.63) is 36.5 Å². The summed E-state index contributed by atoms with van der Waals surface area (Å²) in [7, 11) is 1.69. The highest BCUT2D eigenvalue weighted by atomic mass is 127. The second-order valence-corrected chi connectivity index (χ2v) is 3.22. The van der Waals surface area contributed by atoms with Crippen LogP contribution in [0.25, 0.3) is 10.9 Å². The third kappa shape index (κ3) is 2.40. The third-order valence-corrected chi connectivity index (χ3v) is 2.43. The lowest BCUT2D eigenvalue weighted by atomic mass is 10.2. The molecule has 0 saturated carbocycles. The number of ether oxygens (including phenoxy) is 1. The number of hydrogen-bond donors (Lipinski definition) is 0. The molecule has 0 unspecified atom stereocenters. The van der Waals surface area contributed by atoms with E-state index in [9.17, 15) is 0 Å². The molecule has 0 N–H and O–H groups in total. The fraction of sp³-hybridized carbons (Fsp3) is 0.250. The molecule has 2 nitrogen and oxygen atoms in total. The molecule has 0 spiro atoms. The number of nitrogens with zero attached hydrogens (tertiary/aromatic N) is 1. The number of aromatic nitrogens is 1. The number of rotatable bonds is 2. The lowest BCUT2D eigenvalue weighted by molar-refractivity contribution is -0.667. The molecule has 0 atom stereocenters. The van der Waals surface area contributed by atoms with E-state index < -0.39 is 0 Å². The van der Waals surface area contributed by atoms with Crippen molar-refractivity contribution in [1.29, 1.82) is 0 Å². The first kappa shape index (κ1) is 12.2.